The molecule has 1 aromatic rings. The van der Waals surface area contributed by atoms with E-state index in [2.05, 4.69) is 9.62 Å². The standard InChI is InChI=1S/C13H21N3O2S/c1-2-7-15-19(17,18)13-6-4-3-5-12(13)16-9-11(8-14)10-16/h3-6,11,15H,2,7-10,14H2,1H3. The first-order valence-corrected chi connectivity index (χ1v) is 8.10. The summed E-state index contributed by atoms with van der Waals surface area (Å²) in [6, 6.07) is 7.13. The van der Waals surface area contributed by atoms with Crippen molar-refractivity contribution in [2.75, 3.05) is 31.1 Å². The van der Waals surface area contributed by atoms with E-state index in [1.807, 2.05) is 19.1 Å². The van der Waals surface area contributed by atoms with Gasteiger partial charge in [0.05, 0.1) is 5.69 Å². The van der Waals surface area contributed by atoms with Gasteiger partial charge < -0.3 is 10.6 Å². The van der Waals surface area contributed by atoms with Gasteiger partial charge in [0.15, 0.2) is 0 Å². The van der Waals surface area contributed by atoms with Crippen LogP contribution in [0, 0.1) is 5.92 Å². The van der Waals surface area contributed by atoms with Crippen molar-refractivity contribution in [1.29, 1.82) is 0 Å². The zero-order valence-corrected chi connectivity index (χ0v) is 12.0. The predicted molar refractivity (Wildman–Crippen MR) is 76.7 cm³/mol. The molecular formula is C13H21N3O2S. The minimum absolute atomic E-state index is 0.360. The highest BCUT2D eigenvalue weighted by atomic mass is 32.2. The second-order valence-electron chi connectivity index (χ2n) is 4.87. The van der Waals surface area contributed by atoms with Gasteiger partial charge in [-0.25, -0.2) is 13.1 Å². The van der Waals surface area contributed by atoms with E-state index in [-0.39, 0.29) is 0 Å². The summed E-state index contributed by atoms with van der Waals surface area (Å²) in [4.78, 5) is 2.43. The van der Waals surface area contributed by atoms with Crippen LogP contribution in [0.2, 0.25) is 0 Å². The molecule has 0 amide bonds. The van der Waals surface area contributed by atoms with Crippen molar-refractivity contribution >= 4 is 15.7 Å². The Balaban J connectivity index is 2.22. The van der Waals surface area contributed by atoms with Crippen LogP contribution in [-0.2, 0) is 10.0 Å². The van der Waals surface area contributed by atoms with E-state index in [0.29, 0.717) is 23.9 Å². The molecule has 0 bridgehead atoms. The first kappa shape index (κ1) is 14.3. The van der Waals surface area contributed by atoms with Crippen molar-refractivity contribution in [3.8, 4) is 0 Å². The summed E-state index contributed by atoms with van der Waals surface area (Å²) in [6.07, 6.45) is 0.778. The van der Waals surface area contributed by atoms with Crippen molar-refractivity contribution in [3.63, 3.8) is 0 Å². The van der Waals surface area contributed by atoms with Gasteiger partial charge in [-0.1, -0.05) is 19.1 Å². The number of hydrogen-bond donors (Lipinski definition) is 2. The smallest absolute Gasteiger partial charge is 0.242 e. The summed E-state index contributed by atoms with van der Waals surface area (Å²) in [7, 11) is -3.42. The van der Waals surface area contributed by atoms with E-state index in [4.69, 9.17) is 5.73 Å². The quantitative estimate of drug-likeness (QED) is 0.808. The lowest BCUT2D eigenvalue weighted by Crippen LogP contribution is -2.50. The molecule has 1 aliphatic heterocycles. The van der Waals surface area contributed by atoms with Gasteiger partial charge in [0.25, 0.3) is 0 Å². The van der Waals surface area contributed by atoms with Crippen molar-refractivity contribution in [2.45, 2.75) is 18.2 Å². The van der Waals surface area contributed by atoms with Gasteiger partial charge in [-0.15, -0.1) is 0 Å². The number of nitrogens with zero attached hydrogens (tertiary/aromatic N) is 1. The molecule has 5 nitrogen and oxygen atoms in total. The predicted octanol–water partition coefficient (Wildman–Crippen LogP) is 0.770. The number of anilines is 1. The molecule has 0 atom stereocenters. The van der Waals surface area contributed by atoms with Gasteiger partial charge in [-0.05, 0) is 25.1 Å². The highest BCUT2D eigenvalue weighted by Crippen LogP contribution is 2.30. The molecule has 0 spiro atoms. The summed E-state index contributed by atoms with van der Waals surface area (Å²) in [5.74, 6) is 0.472. The maximum Gasteiger partial charge on any atom is 0.242 e. The molecule has 6 heteroatoms. The Morgan fingerprint density at radius 3 is 2.68 bits per heavy atom. The number of sulfonamides is 1. The van der Waals surface area contributed by atoms with Gasteiger partial charge in [0.2, 0.25) is 10.0 Å². The van der Waals surface area contributed by atoms with E-state index < -0.39 is 10.0 Å². The summed E-state index contributed by atoms with van der Waals surface area (Å²) in [5.41, 5.74) is 6.38. The lowest BCUT2D eigenvalue weighted by atomic mass is 10.00. The molecule has 0 saturated carbocycles. The largest absolute Gasteiger partial charge is 0.370 e. The molecule has 106 valence electrons. The van der Waals surface area contributed by atoms with Crippen LogP contribution in [0.1, 0.15) is 13.3 Å². The molecule has 1 fully saturated rings. The van der Waals surface area contributed by atoms with Crippen LogP contribution < -0.4 is 15.4 Å². The fraction of sp³-hybridized carbons (Fsp3) is 0.538. The summed E-state index contributed by atoms with van der Waals surface area (Å²) >= 11 is 0. The first-order chi connectivity index (χ1) is 9.08. The second kappa shape index (κ2) is 5.90. The number of rotatable bonds is 6. The van der Waals surface area contributed by atoms with Gasteiger partial charge >= 0.3 is 0 Å². The molecule has 1 saturated heterocycles. The molecule has 19 heavy (non-hydrogen) atoms. The molecule has 1 aliphatic rings. The third-order valence-electron chi connectivity index (χ3n) is 3.33. The highest BCUT2D eigenvalue weighted by Gasteiger charge is 2.29. The lowest BCUT2D eigenvalue weighted by Gasteiger charge is -2.41. The van der Waals surface area contributed by atoms with E-state index in [1.165, 1.54) is 0 Å². The van der Waals surface area contributed by atoms with Crippen LogP contribution in [0.4, 0.5) is 5.69 Å². The van der Waals surface area contributed by atoms with Crippen LogP contribution in [0.25, 0.3) is 0 Å². The first-order valence-electron chi connectivity index (χ1n) is 6.62. The third kappa shape index (κ3) is 3.08. The normalized spacial score (nSPS) is 16.4. The van der Waals surface area contributed by atoms with Crippen molar-refractivity contribution < 1.29 is 8.42 Å². The number of nitrogens with one attached hydrogen (secondary N) is 1. The Kier molecular flexibility index (Phi) is 4.44. The SMILES string of the molecule is CCCNS(=O)(=O)c1ccccc1N1CC(CN)C1. The Morgan fingerprint density at radius 1 is 1.37 bits per heavy atom. The monoisotopic (exact) mass is 283 g/mol. The summed E-state index contributed by atoms with van der Waals surface area (Å²) in [5, 5.41) is 0. The highest BCUT2D eigenvalue weighted by molar-refractivity contribution is 7.89. The van der Waals surface area contributed by atoms with Crippen LogP contribution in [-0.4, -0.2) is 34.6 Å². The maximum atomic E-state index is 12.2. The topological polar surface area (TPSA) is 75.4 Å². The van der Waals surface area contributed by atoms with Crippen molar-refractivity contribution in [1.82, 2.24) is 4.72 Å². The van der Waals surface area contributed by atoms with Gasteiger partial charge in [-0.2, -0.15) is 0 Å². The molecule has 0 unspecified atom stereocenters. The molecular weight excluding hydrogens is 262 g/mol. The Hall–Kier alpha value is -1.11. The van der Waals surface area contributed by atoms with E-state index in [1.54, 1.807) is 12.1 Å². The van der Waals surface area contributed by atoms with E-state index in [9.17, 15) is 8.42 Å². The minimum Gasteiger partial charge on any atom is -0.370 e. The molecule has 2 rings (SSSR count). The Bertz CT molecular complexity index is 524. The second-order valence-corrected chi connectivity index (χ2v) is 6.61. The zero-order valence-electron chi connectivity index (χ0n) is 11.2. The van der Waals surface area contributed by atoms with Crippen molar-refractivity contribution in [2.24, 2.45) is 11.7 Å². The van der Waals surface area contributed by atoms with Gasteiger partial charge in [0, 0.05) is 25.6 Å². The van der Waals surface area contributed by atoms with Gasteiger partial charge in [-0.3, -0.25) is 0 Å². The molecule has 0 aromatic heterocycles. The van der Waals surface area contributed by atoms with Crippen LogP contribution in [0.3, 0.4) is 0 Å². The number of nitrogens with two attached hydrogens (primary N) is 1. The molecule has 0 radical (unpaired) electrons. The minimum atomic E-state index is -3.42. The van der Waals surface area contributed by atoms with E-state index in [0.717, 1.165) is 25.2 Å². The average molecular weight is 283 g/mol. The molecule has 1 heterocycles. The summed E-state index contributed by atoms with van der Waals surface area (Å²) < 4.78 is 27.1. The lowest BCUT2D eigenvalue weighted by molar-refractivity contribution is 0.418. The molecule has 1 aromatic carbocycles. The number of para-hydroxylation sites is 1. The van der Waals surface area contributed by atoms with E-state index >= 15 is 0 Å². The number of hydrogen-bond acceptors (Lipinski definition) is 4. The van der Waals surface area contributed by atoms with Crippen molar-refractivity contribution in [3.05, 3.63) is 24.3 Å². The Morgan fingerprint density at radius 2 is 2.05 bits per heavy atom. The third-order valence-corrected chi connectivity index (χ3v) is 4.84. The fourth-order valence-electron chi connectivity index (χ4n) is 2.18. The zero-order chi connectivity index (χ0) is 13.9. The summed E-state index contributed by atoms with van der Waals surface area (Å²) in [6.45, 7) is 4.71. The van der Waals surface area contributed by atoms with Crippen LogP contribution >= 0.6 is 0 Å². The van der Waals surface area contributed by atoms with Gasteiger partial charge in [0.1, 0.15) is 4.90 Å². The molecule has 3 N–H and O–H groups in total. The number of benzene rings is 1. The fourth-order valence-corrected chi connectivity index (χ4v) is 3.53. The average Bonchev–Trinajstić information content (AvgIpc) is 2.36. The van der Waals surface area contributed by atoms with Crippen LogP contribution in [0.15, 0.2) is 29.2 Å². The maximum absolute atomic E-state index is 12.2. The molecule has 0 aliphatic carbocycles. The van der Waals surface area contributed by atoms with Crippen LogP contribution in [0.5, 0.6) is 0 Å². The Labute approximate surface area is 114 Å².